The molecule has 21 heavy (non-hydrogen) atoms. The van der Waals surface area contributed by atoms with Gasteiger partial charge in [0.2, 0.25) is 5.91 Å². The first-order valence-corrected chi connectivity index (χ1v) is 7.61. The lowest BCUT2D eigenvalue weighted by Gasteiger charge is -2.31. The SMILES string of the molecule is NC(=O)CN1CCC(NC(=O)c2cc(Br)ccc2N)CC1. The van der Waals surface area contributed by atoms with Crippen molar-refractivity contribution in [3.63, 3.8) is 0 Å². The Morgan fingerprint density at radius 2 is 2.00 bits per heavy atom. The quantitative estimate of drug-likeness (QED) is 0.693. The van der Waals surface area contributed by atoms with E-state index in [-0.39, 0.29) is 24.4 Å². The van der Waals surface area contributed by atoms with E-state index in [1.165, 1.54) is 0 Å². The molecule has 0 aromatic heterocycles. The first kappa shape index (κ1) is 15.8. The van der Waals surface area contributed by atoms with Crippen LogP contribution in [0.2, 0.25) is 0 Å². The molecule has 0 aliphatic carbocycles. The summed E-state index contributed by atoms with van der Waals surface area (Å²) in [6, 6.07) is 5.32. The van der Waals surface area contributed by atoms with Crippen molar-refractivity contribution in [2.75, 3.05) is 25.4 Å². The molecule has 2 amide bonds. The molecule has 0 bridgehead atoms. The highest BCUT2D eigenvalue weighted by Crippen LogP contribution is 2.19. The van der Waals surface area contributed by atoms with Crippen molar-refractivity contribution >= 4 is 33.4 Å². The molecule has 1 aromatic carbocycles. The zero-order chi connectivity index (χ0) is 15.4. The van der Waals surface area contributed by atoms with Gasteiger partial charge in [0.05, 0.1) is 12.1 Å². The lowest BCUT2D eigenvalue weighted by molar-refractivity contribution is -0.119. The second-order valence-corrected chi connectivity index (χ2v) is 6.14. The van der Waals surface area contributed by atoms with Crippen LogP contribution in [-0.4, -0.2) is 42.4 Å². The smallest absolute Gasteiger partial charge is 0.253 e. The number of likely N-dealkylation sites (tertiary alicyclic amines) is 1. The summed E-state index contributed by atoms with van der Waals surface area (Å²) in [5.41, 5.74) is 11.9. The highest BCUT2D eigenvalue weighted by molar-refractivity contribution is 9.10. The Hall–Kier alpha value is -1.60. The van der Waals surface area contributed by atoms with E-state index in [0.717, 1.165) is 30.4 Å². The number of anilines is 1. The maximum absolute atomic E-state index is 12.2. The molecule has 0 unspecified atom stereocenters. The van der Waals surface area contributed by atoms with Crippen LogP contribution in [0.3, 0.4) is 0 Å². The van der Waals surface area contributed by atoms with E-state index in [9.17, 15) is 9.59 Å². The third-order valence-corrected chi connectivity index (χ3v) is 4.06. The highest BCUT2D eigenvalue weighted by atomic mass is 79.9. The van der Waals surface area contributed by atoms with Crippen LogP contribution in [0.25, 0.3) is 0 Å². The second kappa shape index (κ2) is 6.91. The molecule has 114 valence electrons. The van der Waals surface area contributed by atoms with Gasteiger partial charge in [0.1, 0.15) is 0 Å². The number of rotatable bonds is 4. The van der Waals surface area contributed by atoms with Crippen LogP contribution in [0.5, 0.6) is 0 Å². The molecule has 0 saturated carbocycles. The molecule has 2 rings (SSSR count). The van der Waals surface area contributed by atoms with Crippen LogP contribution in [0, 0.1) is 0 Å². The van der Waals surface area contributed by atoms with Gasteiger partial charge >= 0.3 is 0 Å². The number of nitrogen functional groups attached to an aromatic ring is 1. The molecule has 0 atom stereocenters. The average Bonchev–Trinajstić information content (AvgIpc) is 2.43. The van der Waals surface area contributed by atoms with Gasteiger partial charge in [0.15, 0.2) is 0 Å². The first-order valence-electron chi connectivity index (χ1n) is 6.82. The van der Waals surface area contributed by atoms with Crippen LogP contribution >= 0.6 is 15.9 Å². The molecule has 6 nitrogen and oxygen atoms in total. The molecule has 0 spiro atoms. The Morgan fingerprint density at radius 3 is 2.62 bits per heavy atom. The Bertz CT molecular complexity index is 542. The first-order chi connectivity index (χ1) is 9.95. The molecule has 0 radical (unpaired) electrons. The number of hydrogen-bond donors (Lipinski definition) is 3. The molecular formula is C14H19BrN4O2. The number of nitrogens with zero attached hydrogens (tertiary/aromatic N) is 1. The highest BCUT2D eigenvalue weighted by Gasteiger charge is 2.22. The number of hydrogen-bond acceptors (Lipinski definition) is 4. The summed E-state index contributed by atoms with van der Waals surface area (Å²) in [5, 5.41) is 2.99. The van der Waals surface area contributed by atoms with Crippen LogP contribution in [-0.2, 0) is 4.79 Å². The normalized spacial score (nSPS) is 16.6. The summed E-state index contributed by atoms with van der Waals surface area (Å²) in [4.78, 5) is 25.1. The number of nitrogens with one attached hydrogen (secondary N) is 1. The van der Waals surface area contributed by atoms with Gasteiger partial charge < -0.3 is 16.8 Å². The van der Waals surface area contributed by atoms with Crippen molar-refractivity contribution < 1.29 is 9.59 Å². The van der Waals surface area contributed by atoms with Crippen LogP contribution in [0.4, 0.5) is 5.69 Å². The van der Waals surface area contributed by atoms with Gasteiger partial charge in [-0.05, 0) is 31.0 Å². The summed E-state index contributed by atoms with van der Waals surface area (Å²) >= 11 is 3.33. The number of primary amides is 1. The summed E-state index contributed by atoms with van der Waals surface area (Å²) in [6.07, 6.45) is 1.60. The molecular weight excluding hydrogens is 336 g/mol. The van der Waals surface area contributed by atoms with E-state index >= 15 is 0 Å². The maximum Gasteiger partial charge on any atom is 0.253 e. The second-order valence-electron chi connectivity index (χ2n) is 5.22. The fraction of sp³-hybridized carbons (Fsp3) is 0.429. The van der Waals surface area contributed by atoms with Gasteiger partial charge in [-0.25, -0.2) is 0 Å². The van der Waals surface area contributed by atoms with Gasteiger partial charge in [0.25, 0.3) is 5.91 Å². The van der Waals surface area contributed by atoms with Crippen molar-refractivity contribution in [2.24, 2.45) is 5.73 Å². The number of amides is 2. The Balaban J connectivity index is 1.90. The molecule has 1 aliphatic rings. The zero-order valence-corrected chi connectivity index (χ0v) is 13.2. The predicted octanol–water partition coefficient (Wildman–Crippen LogP) is 0.711. The number of carbonyl (C=O) groups is 2. The molecule has 5 N–H and O–H groups in total. The average molecular weight is 355 g/mol. The monoisotopic (exact) mass is 354 g/mol. The van der Waals surface area contributed by atoms with Gasteiger partial charge in [-0.1, -0.05) is 15.9 Å². The zero-order valence-electron chi connectivity index (χ0n) is 11.6. The largest absolute Gasteiger partial charge is 0.398 e. The summed E-state index contributed by atoms with van der Waals surface area (Å²) in [6.45, 7) is 1.78. The van der Waals surface area contributed by atoms with Crippen molar-refractivity contribution in [1.82, 2.24) is 10.2 Å². The van der Waals surface area contributed by atoms with E-state index in [4.69, 9.17) is 11.5 Å². The molecule has 1 saturated heterocycles. The van der Waals surface area contributed by atoms with Crippen LogP contribution < -0.4 is 16.8 Å². The fourth-order valence-corrected chi connectivity index (χ4v) is 2.81. The minimum absolute atomic E-state index is 0.0972. The van der Waals surface area contributed by atoms with Gasteiger partial charge in [0, 0.05) is 29.3 Å². The summed E-state index contributed by atoms with van der Waals surface area (Å²) < 4.78 is 0.818. The predicted molar refractivity (Wildman–Crippen MR) is 84.7 cm³/mol. The van der Waals surface area contributed by atoms with E-state index in [2.05, 4.69) is 21.2 Å². The maximum atomic E-state index is 12.2. The molecule has 1 aromatic rings. The van der Waals surface area contributed by atoms with E-state index in [1.807, 2.05) is 4.90 Å². The topological polar surface area (TPSA) is 101 Å². The van der Waals surface area contributed by atoms with Gasteiger partial charge in [-0.15, -0.1) is 0 Å². The van der Waals surface area contributed by atoms with Crippen molar-refractivity contribution in [3.05, 3.63) is 28.2 Å². The third kappa shape index (κ3) is 4.44. The van der Waals surface area contributed by atoms with E-state index < -0.39 is 0 Å². The van der Waals surface area contributed by atoms with Crippen molar-refractivity contribution in [1.29, 1.82) is 0 Å². The van der Waals surface area contributed by atoms with Crippen molar-refractivity contribution in [2.45, 2.75) is 18.9 Å². The summed E-state index contributed by atoms with van der Waals surface area (Å²) in [7, 11) is 0. The number of benzene rings is 1. The van der Waals surface area contributed by atoms with Crippen LogP contribution in [0.15, 0.2) is 22.7 Å². The molecule has 1 fully saturated rings. The third-order valence-electron chi connectivity index (χ3n) is 3.56. The minimum atomic E-state index is -0.320. The number of nitrogens with two attached hydrogens (primary N) is 2. The Kier molecular flexibility index (Phi) is 5.19. The fourth-order valence-electron chi connectivity index (χ4n) is 2.44. The number of piperidine rings is 1. The molecule has 1 aliphatic heterocycles. The van der Waals surface area contributed by atoms with Gasteiger partial charge in [-0.2, -0.15) is 0 Å². The molecule has 7 heteroatoms. The molecule has 1 heterocycles. The summed E-state index contributed by atoms with van der Waals surface area (Å²) in [5.74, 6) is -0.485. The van der Waals surface area contributed by atoms with Gasteiger partial charge in [-0.3, -0.25) is 14.5 Å². The lowest BCUT2D eigenvalue weighted by Crippen LogP contribution is -2.46. The lowest BCUT2D eigenvalue weighted by atomic mass is 10.0. The Labute approximate surface area is 132 Å². The number of halogens is 1. The van der Waals surface area contributed by atoms with Crippen molar-refractivity contribution in [3.8, 4) is 0 Å². The minimum Gasteiger partial charge on any atom is -0.398 e. The standard InChI is InChI=1S/C14H19BrN4O2/c15-9-1-2-12(16)11(7-9)14(21)18-10-3-5-19(6-4-10)8-13(17)20/h1-2,7,10H,3-6,8,16H2,(H2,17,20)(H,18,21). The van der Waals surface area contributed by atoms with E-state index in [0.29, 0.717) is 11.3 Å². The van der Waals surface area contributed by atoms with Crippen LogP contribution in [0.1, 0.15) is 23.2 Å². The van der Waals surface area contributed by atoms with E-state index in [1.54, 1.807) is 18.2 Å². The number of carbonyl (C=O) groups excluding carboxylic acids is 2. The Morgan fingerprint density at radius 1 is 1.33 bits per heavy atom.